The summed E-state index contributed by atoms with van der Waals surface area (Å²) in [6.45, 7) is 4.49. The van der Waals surface area contributed by atoms with Gasteiger partial charge in [-0.25, -0.2) is 0 Å². The average Bonchev–Trinajstić information content (AvgIpc) is 2.74. The summed E-state index contributed by atoms with van der Waals surface area (Å²) in [7, 11) is 0. The second kappa shape index (κ2) is 5.67. The van der Waals surface area contributed by atoms with Crippen LogP contribution in [-0.2, 0) is 6.42 Å². The lowest BCUT2D eigenvalue weighted by molar-refractivity contribution is 0.463. The van der Waals surface area contributed by atoms with Crippen LogP contribution in [0.5, 0.6) is 0 Å². The summed E-state index contributed by atoms with van der Waals surface area (Å²) in [5.41, 5.74) is 1.34. The molecule has 88 valence electrons. The van der Waals surface area contributed by atoms with Crippen molar-refractivity contribution in [3.63, 3.8) is 0 Å². The maximum Gasteiger partial charge on any atom is 0.0406 e. The van der Waals surface area contributed by atoms with Crippen molar-refractivity contribution in [3.8, 4) is 0 Å². The van der Waals surface area contributed by atoms with Crippen molar-refractivity contribution in [1.29, 1.82) is 0 Å². The predicted molar refractivity (Wildman–Crippen MR) is 69.0 cm³/mol. The van der Waals surface area contributed by atoms with Crippen molar-refractivity contribution in [1.82, 2.24) is 10.6 Å². The van der Waals surface area contributed by atoms with Crippen LogP contribution < -0.4 is 10.6 Å². The van der Waals surface area contributed by atoms with E-state index in [1.165, 1.54) is 12.0 Å². The summed E-state index contributed by atoms with van der Waals surface area (Å²) >= 11 is 5.86. The minimum atomic E-state index is 0.520. The van der Waals surface area contributed by atoms with Crippen molar-refractivity contribution in [2.24, 2.45) is 0 Å². The van der Waals surface area contributed by atoms with Crippen molar-refractivity contribution in [3.05, 3.63) is 34.9 Å². The molecule has 1 fully saturated rings. The van der Waals surface area contributed by atoms with Gasteiger partial charge in [-0.15, -0.1) is 0 Å². The fraction of sp³-hybridized carbons (Fsp3) is 0.538. The van der Waals surface area contributed by atoms with E-state index in [9.17, 15) is 0 Å². The van der Waals surface area contributed by atoms with Crippen LogP contribution in [0.25, 0.3) is 0 Å². The topological polar surface area (TPSA) is 24.1 Å². The van der Waals surface area contributed by atoms with Gasteiger partial charge in [0.25, 0.3) is 0 Å². The highest BCUT2D eigenvalue weighted by Gasteiger charge is 2.16. The quantitative estimate of drug-likeness (QED) is 0.841. The molecule has 2 rings (SSSR count). The van der Waals surface area contributed by atoms with E-state index in [1.54, 1.807) is 0 Å². The Kier molecular flexibility index (Phi) is 4.22. The van der Waals surface area contributed by atoms with E-state index in [0.717, 1.165) is 24.5 Å². The largest absolute Gasteiger partial charge is 0.315 e. The lowest BCUT2D eigenvalue weighted by Gasteiger charge is -2.18. The Morgan fingerprint density at radius 1 is 1.44 bits per heavy atom. The molecule has 0 spiro atoms. The van der Waals surface area contributed by atoms with Crippen LogP contribution in [0.2, 0.25) is 5.02 Å². The molecule has 1 heterocycles. The molecule has 1 aromatic carbocycles. The van der Waals surface area contributed by atoms with Gasteiger partial charge in [-0.1, -0.05) is 23.7 Å². The van der Waals surface area contributed by atoms with Crippen molar-refractivity contribution < 1.29 is 0 Å². The van der Waals surface area contributed by atoms with Gasteiger partial charge < -0.3 is 10.6 Å². The van der Waals surface area contributed by atoms with E-state index in [2.05, 4.69) is 29.7 Å². The summed E-state index contributed by atoms with van der Waals surface area (Å²) < 4.78 is 0. The first-order valence-corrected chi connectivity index (χ1v) is 6.33. The van der Waals surface area contributed by atoms with E-state index >= 15 is 0 Å². The van der Waals surface area contributed by atoms with Gasteiger partial charge in [-0.2, -0.15) is 0 Å². The summed E-state index contributed by atoms with van der Waals surface area (Å²) in [4.78, 5) is 0. The number of benzene rings is 1. The first-order chi connectivity index (χ1) is 7.74. The van der Waals surface area contributed by atoms with Gasteiger partial charge >= 0.3 is 0 Å². The predicted octanol–water partition coefficient (Wildman–Crippen LogP) is 2.22. The molecule has 3 heteroatoms. The summed E-state index contributed by atoms with van der Waals surface area (Å²) in [5.74, 6) is 0. The highest BCUT2D eigenvalue weighted by molar-refractivity contribution is 6.30. The third-order valence-corrected chi connectivity index (χ3v) is 3.29. The zero-order chi connectivity index (χ0) is 11.4. The Morgan fingerprint density at radius 2 is 2.19 bits per heavy atom. The van der Waals surface area contributed by atoms with Crippen LogP contribution >= 0.6 is 11.6 Å². The third kappa shape index (κ3) is 3.48. The van der Waals surface area contributed by atoms with Crippen LogP contribution in [0, 0.1) is 0 Å². The molecule has 2 nitrogen and oxygen atoms in total. The van der Waals surface area contributed by atoms with Crippen LogP contribution in [0.15, 0.2) is 24.3 Å². The number of rotatable bonds is 4. The molecule has 1 aromatic rings. The van der Waals surface area contributed by atoms with Crippen LogP contribution in [0.1, 0.15) is 18.9 Å². The molecular formula is C13H19ClN2. The van der Waals surface area contributed by atoms with Gasteiger partial charge in [-0.3, -0.25) is 0 Å². The van der Waals surface area contributed by atoms with E-state index in [1.807, 2.05) is 12.1 Å². The summed E-state index contributed by atoms with van der Waals surface area (Å²) in [5, 5.41) is 7.83. The van der Waals surface area contributed by atoms with E-state index in [4.69, 9.17) is 11.6 Å². The molecule has 0 radical (unpaired) electrons. The molecule has 2 N–H and O–H groups in total. The number of hydrogen-bond acceptors (Lipinski definition) is 2. The molecule has 2 atom stereocenters. The number of halogens is 1. The molecule has 0 saturated carbocycles. The zero-order valence-corrected chi connectivity index (χ0v) is 10.4. The maximum atomic E-state index is 5.86. The standard InChI is InChI=1S/C13H19ClN2/c1-10(16-13-6-7-15-9-13)8-11-2-4-12(14)5-3-11/h2-5,10,13,15-16H,6-9H2,1H3. The van der Waals surface area contributed by atoms with E-state index in [0.29, 0.717) is 12.1 Å². The monoisotopic (exact) mass is 238 g/mol. The highest BCUT2D eigenvalue weighted by Crippen LogP contribution is 2.11. The molecule has 2 unspecified atom stereocenters. The van der Waals surface area contributed by atoms with Gasteiger partial charge in [-0.05, 0) is 44.0 Å². The fourth-order valence-corrected chi connectivity index (χ4v) is 2.36. The first kappa shape index (κ1) is 11.9. The minimum absolute atomic E-state index is 0.520. The lowest BCUT2D eigenvalue weighted by Crippen LogP contribution is -2.38. The van der Waals surface area contributed by atoms with E-state index < -0.39 is 0 Å². The average molecular weight is 239 g/mol. The van der Waals surface area contributed by atoms with Gasteiger partial charge in [0.2, 0.25) is 0 Å². The molecule has 1 aliphatic heterocycles. The zero-order valence-electron chi connectivity index (χ0n) is 9.67. The molecule has 0 amide bonds. The number of nitrogens with one attached hydrogen (secondary N) is 2. The van der Waals surface area contributed by atoms with Gasteiger partial charge in [0.1, 0.15) is 0 Å². The van der Waals surface area contributed by atoms with Gasteiger partial charge in [0.15, 0.2) is 0 Å². The Bertz CT molecular complexity index is 317. The first-order valence-electron chi connectivity index (χ1n) is 5.95. The second-order valence-corrected chi connectivity index (χ2v) is 5.02. The fourth-order valence-electron chi connectivity index (χ4n) is 2.23. The molecule has 0 bridgehead atoms. The Labute approximate surface area is 102 Å². The minimum Gasteiger partial charge on any atom is -0.315 e. The summed E-state index contributed by atoms with van der Waals surface area (Å²) in [6, 6.07) is 9.29. The third-order valence-electron chi connectivity index (χ3n) is 3.04. The Morgan fingerprint density at radius 3 is 2.81 bits per heavy atom. The molecule has 1 saturated heterocycles. The van der Waals surface area contributed by atoms with Crippen LogP contribution in [-0.4, -0.2) is 25.2 Å². The smallest absolute Gasteiger partial charge is 0.0406 e. The van der Waals surface area contributed by atoms with Crippen molar-refractivity contribution >= 4 is 11.6 Å². The molecule has 0 aromatic heterocycles. The Hall–Kier alpha value is -0.570. The van der Waals surface area contributed by atoms with Gasteiger partial charge in [0.05, 0.1) is 0 Å². The molecular weight excluding hydrogens is 220 g/mol. The highest BCUT2D eigenvalue weighted by atomic mass is 35.5. The SMILES string of the molecule is CC(Cc1ccc(Cl)cc1)NC1CCNC1. The van der Waals surface area contributed by atoms with Gasteiger partial charge in [0, 0.05) is 23.7 Å². The van der Waals surface area contributed by atoms with Crippen LogP contribution in [0.3, 0.4) is 0 Å². The molecule has 16 heavy (non-hydrogen) atoms. The summed E-state index contributed by atoms with van der Waals surface area (Å²) in [6.07, 6.45) is 2.30. The normalized spacial score (nSPS) is 22.2. The van der Waals surface area contributed by atoms with Crippen LogP contribution in [0.4, 0.5) is 0 Å². The second-order valence-electron chi connectivity index (χ2n) is 4.59. The van der Waals surface area contributed by atoms with Crippen molar-refractivity contribution in [2.45, 2.75) is 31.8 Å². The molecule has 0 aliphatic carbocycles. The lowest BCUT2D eigenvalue weighted by atomic mass is 10.1. The van der Waals surface area contributed by atoms with E-state index in [-0.39, 0.29) is 0 Å². The maximum absolute atomic E-state index is 5.86. The molecule has 1 aliphatic rings. The van der Waals surface area contributed by atoms with Crippen molar-refractivity contribution in [2.75, 3.05) is 13.1 Å². The Balaban J connectivity index is 1.81. The number of hydrogen-bond donors (Lipinski definition) is 2.